The second-order valence-corrected chi connectivity index (χ2v) is 20.0. The predicted molar refractivity (Wildman–Crippen MR) is 275 cm³/mol. The summed E-state index contributed by atoms with van der Waals surface area (Å²) in [5.74, 6) is 0.119. The van der Waals surface area contributed by atoms with Gasteiger partial charge in [-0.05, 0) is 70.9 Å². The zero-order chi connectivity index (χ0) is 47.0. The largest absolute Gasteiger partial charge is 0.465 e. The van der Waals surface area contributed by atoms with E-state index in [9.17, 15) is 19.8 Å². The number of hydrogen-bond donors (Lipinski definition) is 2. The molecule has 7 heteroatoms. The molecule has 0 fully saturated rings. The first-order chi connectivity index (χ1) is 31.4. The second-order valence-electron chi connectivity index (χ2n) is 20.0. The van der Waals surface area contributed by atoms with Crippen molar-refractivity contribution in [2.75, 3.05) is 32.9 Å². The number of carbonyl (C=O) groups excluding carboxylic acids is 2. The molecule has 0 spiro atoms. The molecule has 0 heterocycles. The van der Waals surface area contributed by atoms with Gasteiger partial charge in [-0.15, -0.1) is 0 Å². The van der Waals surface area contributed by atoms with E-state index < -0.39 is 6.10 Å². The first kappa shape index (κ1) is 62.8. The lowest BCUT2D eigenvalue weighted by Gasteiger charge is -2.34. The van der Waals surface area contributed by atoms with Crippen LogP contribution in [0.2, 0.25) is 0 Å². The summed E-state index contributed by atoms with van der Waals surface area (Å²) in [6.45, 7) is 13.8. The van der Waals surface area contributed by atoms with E-state index in [2.05, 4.69) is 39.5 Å². The number of aliphatic hydroxyl groups excluding tert-OH is 2. The summed E-state index contributed by atoms with van der Waals surface area (Å²) in [5, 5.41) is 22.0. The van der Waals surface area contributed by atoms with E-state index in [1.165, 1.54) is 141 Å². The molecule has 64 heavy (non-hydrogen) atoms. The minimum Gasteiger partial charge on any atom is -0.465 e. The summed E-state index contributed by atoms with van der Waals surface area (Å²) in [6.07, 6.45) is 47.0. The number of ether oxygens (including phenoxy) is 2. The van der Waals surface area contributed by atoms with E-state index in [1.807, 2.05) is 0 Å². The number of hydrogen-bond acceptors (Lipinski definition) is 7. The van der Waals surface area contributed by atoms with Crippen molar-refractivity contribution in [3.05, 3.63) is 0 Å². The van der Waals surface area contributed by atoms with Crippen LogP contribution in [0.15, 0.2) is 0 Å². The molecular weight excluding hydrogens is 795 g/mol. The maximum atomic E-state index is 13.2. The van der Waals surface area contributed by atoms with Crippen LogP contribution < -0.4 is 0 Å². The fraction of sp³-hybridized carbons (Fsp3) is 0.965. The number of carbonyl (C=O) groups is 2. The predicted octanol–water partition coefficient (Wildman–Crippen LogP) is 16.4. The third-order valence-electron chi connectivity index (χ3n) is 13.9. The van der Waals surface area contributed by atoms with Gasteiger partial charge in [0.25, 0.3) is 0 Å². The van der Waals surface area contributed by atoms with Gasteiger partial charge in [-0.3, -0.25) is 14.5 Å². The van der Waals surface area contributed by atoms with Crippen LogP contribution in [-0.4, -0.2) is 72.1 Å². The third-order valence-corrected chi connectivity index (χ3v) is 13.9. The monoisotopic (exact) mass is 908 g/mol. The molecule has 0 aliphatic heterocycles. The molecule has 0 saturated heterocycles. The highest BCUT2D eigenvalue weighted by atomic mass is 16.5. The maximum Gasteiger partial charge on any atom is 0.308 e. The van der Waals surface area contributed by atoms with Crippen LogP contribution in [-0.2, 0) is 19.1 Å². The maximum absolute atomic E-state index is 13.2. The molecule has 0 bridgehead atoms. The van der Waals surface area contributed by atoms with Gasteiger partial charge in [-0.2, -0.15) is 0 Å². The van der Waals surface area contributed by atoms with Gasteiger partial charge in [-0.1, -0.05) is 240 Å². The molecule has 0 aliphatic rings. The molecule has 0 aromatic carbocycles. The van der Waals surface area contributed by atoms with E-state index in [-0.39, 0.29) is 36.4 Å². The Balaban J connectivity index is 4.92. The molecular formula is C57H113NO6. The van der Waals surface area contributed by atoms with E-state index in [4.69, 9.17) is 9.47 Å². The zero-order valence-electron chi connectivity index (χ0n) is 43.8. The first-order valence-electron chi connectivity index (χ1n) is 28.8. The third kappa shape index (κ3) is 38.9. The Labute approximate surface area is 399 Å². The Morgan fingerprint density at radius 3 is 1.03 bits per heavy atom. The van der Waals surface area contributed by atoms with Crippen molar-refractivity contribution in [3.63, 3.8) is 0 Å². The van der Waals surface area contributed by atoms with E-state index in [1.54, 1.807) is 0 Å². The van der Waals surface area contributed by atoms with Crippen LogP contribution in [0.25, 0.3) is 0 Å². The molecule has 0 amide bonds. The van der Waals surface area contributed by atoms with Gasteiger partial charge >= 0.3 is 11.9 Å². The molecule has 0 radical (unpaired) electrons. The summed E-state index contributed by atoms with van der Waals surface area (Å²) < 4.78 is 11.6. The zero-order valence-corrected chi connectivity index (χ0v) is 43.8. The van der Waals surface area contributed by atoms with Gasteiger partial charge in [0.15, 0.2) is 0 Å². The first-order valence-corrected chi connectivity index (χ1v) is 28.8. The van der Waals surface area contributed by atoms with Crippen molar-refractivity contribution in [1.82, 2.24) is 4.90 Å². The minimum atomic E-state index is -0.527. The van der Waals surface area contributed by atoms with Gasteiger partial charge in [-0.25, -0.2) is 0 Å². The Morgan fingerprint density at radius 1 is 0.375 bits per heavy atom. The molecule has 4 unspecified atom stereocenters. The fourth-order valence-electron chi connectivity index (χ4n) is 9.52. The molecule has 382 valence electrons. The summed E-state index contributed by atoms with van der Waals surface area (Å²) in [4.78, 5) is 28.3. The SMILES string of the molecule is CCCCCCCCCCCCCCCC(O)C(CO)N(CCCCCCOC(=O)C(CCC)CCCCCC)CCCCCCOC(=O)C(CCCCCC)CCCCCCCC. The van der Waals surface area contributed by atoms with Crippen LogP contribution in [0.4, 0.5) is 0 Å². The molecule has 0 aliphatic carbocycles. The molecule has 4 atom stereocenters. The highest BCUT2D eigenvalue weighted by Gasteiger charge is 2.25. The molecule has 0 saturated carbocycles. The number of esters is 2. The van der Waals surface area contributed by atoms with Gasteiger partial charge in [0.2, 0.25) is 0 Å². The summed E-state index contributed by atoms with van der Waals surface area (Å²) >= 11 is 0. The van der Waals surface area contributed by atoms with Crippen LogP contribution in [0.1, 0.15) is 298 Å². The number of rotatable bonds is 52. The topological polar surface area (TPSA) is 96.3 Å². The lowest BCUT2D eigenvalue weighted by atomic mass is 9.94. The number of unbranched alkanes of at least 4 members (excludes halogenated alkanes) is 29. The molecule has 7 nitrogen and oxygen atoms in total. The van der Waals surface area contributed by atoms with Crippen molar-refractivity contribution in [1.29, 1.82) is 0 Å². The Morgan fingerprint density at radius 2 is 0.672 bits per heavy atom. The van der Waals surface area contributed by atoms with Crippen LogP contribution in [0, 0.1) is 11.8 Å². The molecule has 2 N–H and O–H groups in total. The summed E-state index contributed by atoms with van der Waals surface area (Å²) in [6, 6.07) is -0.243. The standard InChI is InChI=1S/C57H113NO6/c1-6-11-15-19-21-22-23-24-25-26-27-29-37-46-55(60)54(51-59)58(47-38-30-32-40-49-63-56(61)52(42-10-5)43-34-17-13-8-3)48-39-31-33-41-50-64-57(62)53(44-35-18-14-9-4)45-36-28-20-16-12-7-2/h52-55,59-60H,6-51H2,1-5H3. The summed E-state index contributed by atoms with van der Waals surface area (Å²) in [5.41, 5.74) is 0. The second kappa shape index (κ2) is 49.7. The number of nitrogens with zero attached hydrogens (tertiary/aromatic N) is 1. The Hall–Kier alpha value is -1.18. The smallest absolute Gasteiger partial charge is 0.308 e. The van der Waals surface area contributed by atoms with Crippen molar-refractivity contribution in [2.24, 2.45) is 11.8 Å². The van der Waals surface area contributed by atoms with Gasteiger partial charge in [0.05, 0.1) is 43.8 Å². The molecule has 0 aromatic rings. The summed E-state index contributed by atoms with van der Waals surface area (Å²) in [7, 11) is 0. The highest BCUT2D eigenvalue weighted by Crippen LogP contribution is 2.22. The average molecular weight is 909 g/mol. The quantitative estimate of drug-likeness (QED) is 0.0463. The van der Waals surface area contributed by atoms with E-state index >= 15 is 0 Å². The van der Waals surface area contributed by atoms with Gasteiger partial charge in [0, 0.05) is 0 Å². The van der Waals surface area contributed by atoms with Crippen molar-refractivity contribution < 1.29 is 29.3 Å². The van der Waals surface area contributed by atoms with Crippen LogP contribution in [0.3, 0.4) is 0 Å². The minimum absolute atomic E-state index is 0.00328. The van der Waals surface area contributed by atoms with Gasteiger partial charge < -0.3 is 19.7 Å². The molecule has 0 rings (SSSR count). The van der Waals surface area contributed by atoms with Crippen molar-refractivity contribution in [2.45, 2.75) is 310 Å². The fourth-order valence-corrected chi connectivity index (χ4v) is 9.52. The highest BCUT2D eigenvalue weighted by molar-refractivity contribution is 5.72. The van der Waals surface area contributed by atoms with E-state index in [0.29, 0.717) is 13.2 Å². The van der Waals surface area contributed by atoms with Crippen LogP contribution in [0.5, 0.6) is 0 Å². The molecule has 0 aromatic heterocycles. The van der Waals surface area contributed by atoms with Gasteiger partial charge in [0.1, 0.15) is 0 Å². The Bertz CT molecular complexity index is 962. The average Bonchev–Trinajstić information content (AvgIpc) is 3.29. The Kier molecular flexibility index (Phi) is 48.8. The normalized spacial score (nSPS) is 13.6. The van der Waals surface area contributed by atoms with E-state index in [0.717, 1.165) is 135 Å². The lowest BCUT2D eigenvalue weighted by Crippen LogP contribution is -2.47. The van der Waals surface area contributed by atoms with Crippen molar-refractivity contribution >= 4 is 11.9 Å². The van der Waals surface area contributed by atoms with Crippen LogP contribution >= 0.6 is 0 Å². The lowest BCUT2D eigenvalue weighted by molar-refractivity contribution is -0.150. The van der Waals surface area contributed by atoms with Crippen molar-refractivity contribution in [3.8, 4) is 0 Å². The number of aliphatic hydroxyl groups is 2.